The molecule has 1 saturated heterocycles. The van der Waals surface area contributed by atoms with Crippen molar-refractivity contribution in [1.29, 1.82) is 0 Å². The molecule has 98 valence electrons. The number of allylic oxidation sites excluding steroid dienone is 1. The van der Waals surface area contributed by atoms with E-state index in [4.69, 9.17) is 0 Å². The third-order valence-corrected chi connectivity index (χ3v) is 3.28. The number of nitrogens with zero attached hydrogens (tertiary/aromatic N) is 2. The van der Waals surface area contributed by atoms with Gasteiger partial charge in [-0.05, 0) is 31.2 Å². The largest absolute Gasteiger partial charge is 0.364 e. The third kappa shape index (κ3) is 2.70. The van der Waals surface area contributed by atoms with Gasteiger partial charge in [0.2, 0.25) is 0 Å². The Labute approximate surface area is 107 Å². The van der Waals surface area contributed by atoms with Gasteiger partial charge in [0.05, 0.1) is 0 Å². The molecule has 2 nitrogen and oxygen atoms in total. The molecule has 0 N–H and O–H groups in total. The van der Waals surface area contributed by atoms with Crippen LogP contribution < -0.4 is 4.90 Å². The maximum absolute atomic E-state index is 14.0. The van der Waals surface area contributed by atoms with Crippen LogP contribution in [-0.2, 0) is 6.42 Å². The molecular weight excluding hydrogens is 234 g/mol. The molecule has 1 aliphatic rings. The number of halogens is 2. The highest BCUT2D eigenvalue weighted by molar-refractivity contribution is 5.51. The van der Waals surface area contributed by atoms with Crippen LogP contribution >= 0.6 is 0 Å². The molecule has 1 aromatic rings. The Hall–Kier alpha value is -1.42. The molecule has 0 unspecified atom stereocenters. The number of rotatable bonds is 3. The fraction of sp³-hybridized carbons (Fsp3) is 0.429. The smallest absolute Gasteiger partial charge is 0.149 e. The first kappa shape index (κ1) is 13.0. The van der Waals surface area contributed by atoms with E-state index in [9.17, 15) is 8.78 Å². The second-order valence-corrected chi connectivity index (χ2v) is 4.69. The van der Waals surface area contributed by atoms with Gasteiger partial charge in [0.15, 0.2) is 0 Å². The molecule has 0 amide bonds. The van der Waals surface area contributed by atoms with Crippen molar-refractivity contribution in [3.63, 3.8) is 0 Å². The minimum atomic E-state index is -0.476. The van der Waals surface area contributed by atoms with Crippen molar-refractivity contribution in [1.82, 2.24) is 4.90 Å². The lowest BCUT2D eigenvalue weighted by Gasteiger charge is -2.34. The fourth-order valence-corrected chi connectivity index (χ4v) is 2.23. The zero-order valence-electron chi connectivity index (χ0n) is 10.6. The Bertz CT molecular complexity index is 414. The summed E-state index contributed by atoms with van der Waals surface area (Å²) in [6, 6.07) is 2.80. The maximum atomic E-state index is 14.0. The number of anilines is 1. The predicted molar refractivity (Wildman–Crippen MR) is 70.0 cm³/mol. The van der Waals surface area contributed by atoms with Crippen LogP contribution in [0.1, 0.15) is 5.56 Å². The highest BCUT2D eigenvalue weighted by Gasteiger charge is 2.21. The van der Waals surface area contributed by atoms with Crippen molar-refractivity contribution in [2.24, 2.45) is 0 Å². The summed E-state index contributed by atoms with van der Waals surface area (Å²) in [5.41, 5.74) is 0.730. The third-order valence-electron chi connectivity index (χ3n) is 3.28. The Morgan fingerprint density at radius 3 is 2.22 bits per heavy atom. The fourth-order valence-electron chi connectivity index (χ4n) is 2.23. The summed E-state index contributed by atoms with van der Waals surface area (Å²) in [5, 5.41) is 0. The highest BCUT2D eigenvalue weighted by atomic mass is 19.1. The Kier molecular flexibility index (Phi) is 3.97. The van der Waals surface area contributed by atoms with E-state index in [1.807, 2.05) is 7.05 Å². The van der Waals surface area contributed by atoms with Gasteiger partial charge in [-0.1, -0.05) is 6.08 Å². The van der Waals surface area contributed by atoms with Crippen LogP contribution in [0.2, 0.25) is 0 Å². The molecule has 1 heterocycles. The van der Waals surface area contributed by atoms with Crippen molar-refractivity contribution in [2.75, 3.05) is 38.1 Å². The Morgan fingerprint density at radius 2 is 1.72 bits per heavy atom. The van der Waals surface area contributed by atoms with E-state index < -0.39 is 11.6 Å². The van der Waals surface area contributed by atoms with Crippen molar-refractivity contribution < 1.29 is 8.78 Å². The zero-order valence-corrected chi connectivity index (χ0v) is 10.6. The summed E-state index contributed by atoms with van der Waals surface area (Å²) < 4.78 is 28.0. The lowest BCUT2D eigenvalue weighted by Crippen LogP contribution is -2.45. The summed E-state index contributed by atoms with van der Waals surface area (Å²) in [6.45, 7) is 6.54. The summed E-state index contributed by atoms with van der Waals surface area (Å²) >= 11 is 0. The van der Waals surface area contributed by atoms with Crippen LogP contribution in [0.15, 0.2) is 24.8 Å². The first-order chi connectivity index (χ1) is 8.61. The van der Waals surface area contributed by atoms with E-state index in [1.165, 1.54) is 12.1 Å². The van der Waals surface area contributed by atoms with E-state index in [2.05, 4.69) is 11.5 Å². The zero-order chi connectivity index (χ0) is 13.1. The predicted octanol–water partition coefficient (Wildman–Crippen LogP) is 2.45. The van der Waals surface area contributed by atoms with Crippen LogP contribution in [0.25, 0.3) is 0 Å². The van der Waals surface area contributed by atoms with Gasteiger partial charge in [-0.15, -0.1) is 6.58 Å². The number of hydrogen-bond donors (Lipinski definition) is 0. The van der Waals surface area contributed by atoms with Crippen molar-refractivity contribution in [2.45, 2.75) is 6.42 Å². The van der Waals surface area contributed by atoms with E-state index in [0.717, 1.165) is 13.1 Å². The molecule has 4 heteroatoms. The summed E-state index contributed by atoms with van der Waals surface area (Å²) in [6.07, 6.45) is 2.13. The highest BCUT2D eigenvalue weighted by Crippen LogP contribution is 2.26. The average Bonchev–Trinajstić information content (AvgIpc) is 2.31. The molecule has 1 fully saturated rings. The number of benzene rings is 1. The lowest BCUT2D eigenvalue weighted by atomic mass is 10.1. The van der Waals surface area contributed by atoms with Gasteiger partial charge in [-0.3, -0.25) is 0 Å². The minimum absolute atomic E-state index is 0.107. The SMILES string of the molecule is C=CCc1cc(F)c(N2CCN(C)CC2)c(F)c1. The molecule has 0 spiro atoms. The van der Waals surface area contributed by atoms with Crippen LogP contribution in [0.5, 0.6) is 0 Å². The molecule has 0 radical (unpaired) electrons. The number of hydrogen-bond acceptors (Lipinski definition) is 2. The monoisotopic (exact) mass is 252 g/mol. The molecule has 2 rings (SSSR count). The van der Waals surface area contributed by atoms with Gasteiger partial charge < -0.3 is 9.80 Å². The minimum Gasteiger partial charge on any atom is -0.364 e. The van der Waals surface area contributed by atoms with Gasteiger partial charge in [0.25, 0.3) is 0 Å². The maximum Gasteiger partial charge on any atom is 0.149 e. The van der Waals surface area contributed by atoms with Crippen LogP contribution in [0.3, 0.4) is 0 Å². The molecule has 1 aromatic carbocycles. The molecule has 0 aromatic heterocycles. The molecule has 18 heavy (non-hydrogen) atoms. The normalized spacial score (nSPS) is 16.9. The topological polar surface area (TPSA) is 6.48 Å². The first-order valence-electron chi connectivity index (χ1n) is 6.14. The van der Waals surface area contributed by atoms with E-state index in [1.54, 1.807) is 11.0 Å². The molecule has 0 aliphatic carbocycles. The summed E-state index contributed by atoms with van der Waals surface area (Å²) in [7, 11) is 2.01. The van der Waals surface area contributed by atoms with Gasteiger partial charge in [-0.2, -0.15) is 0 Å². The van der Waals surface area contributed by atoms with Gasteiger partial charge in [0.1, 0.15) is 17.3 Å². The van der Waals surface area contributed by atoms with Crippen molar-refractivity contribution in [3.05, 3.63) is 42.0 Å². The van der Waals surface area contributed by atoms with Crippen molar-refractivity contribution in [3.8, 4) is 0 Å². The first-order valence-corrected chi connectivity index (χ1v) is 6.14. The molecule has 0 saturated carbocycles. The van der Waals surface area contributed by atoms with Gasteiger partial charge in [-0.25, -0.2) is 8.78 Å². The van der Waals surface area contributed by atoms with Gasteiger partial charge >= 0.3 is 0 Å². The second-order valence-electron chi connectivity index (χ2n) is 4.69. The van der Waals surface area contributed by atoms with Crippen LogP contribution in [0, 0.1) is 11.6 Å². The molecule has 0 bridgehead atoms. The molecule has 1 aliphatic heterocycles. The standard InChI is InChI=1S/C14H18F2N2/c1-3-4-11-9-12(15)14(13(16)10-11)18-7-5-17(2)6-8-18/h3,9-10H,1,4-8H2,2H3. The molecular formula is C14H18F2N2. The summed E-state index contributed by atoms with van der Waals surface area (Å²) in [5.74, 6) is -0.951. The van der Waals surface area contributed by atoms with Crippen LogP contribution in [0.4, 0.5) is 14.5 Å². The van der Waals surface area contributed by atoms with E-state index in [0.29, 0.717) is 25.1 Å². The quantitative estimate of drug-likeness (QED) is 0.762. The lowest BCUT2D eigenvalue weighted by molar-refractivity contribution is 0.310. The van der Waals surface area contributed by atoms with E-state index >= 15 is 0 Å². The van der Waals surface area contributed by atoms with Gasteiger partial charge in [0, 0.05) is 26.2 Å². The Morgan fingerprint density at radius 1 is 1.17 bits per heavy atom. The second kappa shape index (κ2) is 5.48. The van der Waals surface area contributed by atoms with Crippen molar-refractivity contribution >= 4 is 5.69 Å². The summed E-state index contributed by atoms with van der Waals surface area (Å²) in [4.78, 5) is 3.93. The number of piperazine rings is 1. The van der Waals surface area contributed by atoms with Crippen LogP contribution in [-0.4, -0.2) is 38.1 Å². The van der Waals surface area contributed by atoms with E-state index in [-0.39, 0.29) is 5.69 Å². The average molecular weight is 252 g/mol. The number of likely N-dealkylation sites (N-methyl/N-ethyl adjacent to an activating group) is 1. The Balaban J connectivity index is 2.25. The molecule has 0 atom stereocenters.